The maximum Gasteiger partial charge on any atom is 0.317 e. The van der Waals surface area contributed by atoms with E-state index < -0.39 is 0 Å². The van der Waals surface area contributed by atoms with Gasteiger partial charge in [0.05, 0.1) is 23.7 Å². The fourth-order valence-corrected chi connectivity index (χ4v) is 5.21. The molecule has 0 saturated carbocycles. The van der Waals surface area contributed by atoms with E-state index in [0.29, 0.717) is 13.2 Å². The maximum absolute atomic E-state index is 12.1. The van der Waals surface area contributed by atoms with Crippen LogP contribution in [0.1, 0.15) is 19.8 Å². The van der Waals surface area contributed by atoms with Gasteiger partial charge >= 0.3 is 6.03 Å². The number of benzene rings is 1. The van der Waals surface area contributed by atoms with Crippen LogP contribution < -0.4 is 20.8 Å². The number of hydrogen-bond donors (Lipinski definition) is 1. The van der Waals surface area contributed by atoms with Crippen molar-refractivity contribution in [2.75, 3.05) is 63.9 Å². The molecule has 1 N–H and O–H groups in total. The minimum atomic E-state index is 0.0344. The summed E-state index contributed by atoms with van der Waals surface area (Å²) in [6, 6.07) is 7.89. The lowest BCUT2D eigenvalue weighted by Crippen LogP contribution is -2.55. The summed E-state index contributed by atoms with van der Waals surface area (Å²) in [7, 11) is 0. The quantitative estimate of drug-likeness (QED) is 0.666. The van der Waals surface area contributed by atoms with Crippen molar-refractivity contribution >= 4 is 35.6 Å². The lowest BCUT2D eigenvalue weighted by Gasteiger charge is -2.39. The average Bonchev–Trinajstić information content (AvgIpc) is 3.22. The van der Waals surface area contributed by atoms with Gasteiger partial charge in [0.15, 0.2) is 5.82 Å². The number of aromatic nitrogens is 2. The molecule has 3 heterocycles. The molecule has 3 aliphatic rings. The number of hydrogen-bond acceptors (Lipinski definition) is 5. The van der Waals surface area contributed by atoms with Gasteiger partial charge in [0.2, 0.25) is 0 Å². The molecule has 0 spiro atoms. The van der Waals surface area contributed by atoms with Gasteiger partial charge in [-0.05, 0) is 50.1 Å². The van der Waals surface area contributed by atoms with Gasteiger partial charge in [0, 0.05) is 62.6 Å². The Balaban J connectivity index is 1.33. The topological polar surface area (TPSA) is 65.9 Å². The molecule has 0 radical (unpaired) electrons. The zero-order chi connectivity index (χ0) is 24.9. The molecule has 2 aliphatic heterocycles. The largest absolute Gasteiger partial charge is 0.373 e. The highest BCUT2D eigenvalue weighted by Crippen LogP contribution is 2.16. The Morgan fingerprint density at radius 2 is 1.94 bits per heavy atom. The van der Waals surface area contributed by atoms with Gasteiger partial charge in [0.25, 0.3) is 0 Å². The van der Waals surface area contributed by atoms with E-state index in [1.54, 1.807) is 0 Å². The van der Waals surface area contributed by atoms with Crippen LogP contribution in [-0.2, 0) is 4.74 Å². The summed E-state index contributed by atoms with van der Waals surface area (Å²) in [4.78, 5) is 18.8. The Kier molecular flexibility index (Phi) is 7.94. The smallest absolute Gasteiger partial charge is 0.317 e. The van der Waals surface area contributed by atoms with E-state index in [4.69, 9.17) is 21.4 Å². The molecule has 2 fully saturated rings. The van der Waals surface area contributed by atoms with Gasteiger partial charge in [-0.25, -0.2) is 9.48 Å². The van der Waals surface area contributed by atoms with Crippen molar-refractivity contribution in [3.63, 3.8) is 0 Å². The SMILES string of the molecule is CCNC(=O)N1CCN(CC2CN(c3nn(-c4ccc(Cl)cc4)c4/c3=C\C=C/CC/C=4)CCO2)CC1. The van der Waals surface area contributed by atoms with Crippen LogP contribution in [0.5, 0.6) is 0 Å². The van der Waals surface area contributed by atoms with Gasteiger partial charge in [0.1, 0.15) is 0 Å². The number of amides is 2. The number of nitrogens with one attached hydrogen (secondary N) is 1. The molecule has 1 aromatic heterocycles. The number of allylic oxidation sites excluding steroid dienone is 2. The molecular formula is C27H35ClN6O2. The predicted molar refractivity (Wildman–Crippen MR) is 144 cm³/mol. The van der Waals surface area contributed by atoms with Gasteiger partial charge in [-0.15, -0.1) is 5.10 Å². The van der Waals surface area contributed by atoms with Crippen LogP contribution in [0.3, 0.4) is 0 Å². The molecule has 1 aromatic carbocycles. The molecule has 8 nitrogen and oxygen atoms in total. The van der Waals surface area contributed by atoms with Gasteiger partial charge < -0.3 is 19.9 Å². The van der Waals surface area contributed by atoms with Crippen LogP contribution in [0.15, 0.2) is 36.4 Å². The van der Waals surface area contributed by atoms with Crippen LogP contribution in [-0.4, -0.2) is 90.7 Å². The lowest BCUT2D eigenvalue weighted by molar-refractivity contribution is 0.00751. The Morgan fingerprint density at radius 1 is 1.14 bits per heavy atom. The second-order valence-electron chi connectivity index (χ2n) is 9.45. The van der Waals surface area contributed by atoms with E-state index in [1.165, 1.54) is 0 Å². The summed E-state index contributed by atoms with van der Waals surface area (Å²) in [6.45, 7) is 8.97. The summed E-state index contributed by atoms with van der Waals surface area (Å²) >= 11 is 6.15. The number of carbonyl (C=O) groups is 1. The number of fused-ring (bicyclic) bond motifs is 1. The third kappa shape index (κ3) is 5.61. The van der Waals surface area contributed by atoms with Crippen molar-refractivity contribution in [1.82, 2.24) is 24.9 Å². The highest BCUT2D eigenvalue weighted by Gasteiger charge is 2.28. The first-order valence-corrected chi connectivity index (χ1v) is 13.3. The highest BCUT2D eigenvalue weighted by molar-refractivity contribution is 6.30. The summed E-state index contributed by atoms with van der Waals surface area (Å²) in [5.74, 6) is 0.997. The normalized spacial score (nSPS) is 23.4. The summed E-state index contributed by atoms with van der Waals surface area (Å²) in [5, 5.41) is 11.0. The van der Waals surface area contributed by atoms with Gasteiger partial charge in [-0.3, -0.25) is 4.90 Å². The molecule has 2 aromatic rings. The molecule has 192 valence electrons. The molecule has 0 bridgehead atoms. The maximum atomic E-state index is 12.1. The number of piperazine rings is 1. The summed E-state index contributed by atoms with van der Waals surface area (Å²) in [5.41, 5.74) is 1.01. The van der Waals surface area contributed by atoms with Crippen molar-refractivity contribution in [3.05, 3.63) is 52.0 Å². The second-order valence-corrected chi connectivity index (χ2v) is 9.89. The number of anilines is 1. The van der Waals surface area contributed by atoms with E-state index in [2.05, 4.69) is 39.4 Å². The fraction of sp³-hybridized carbons (Fsp3) is 0.481. The minimum Gasteiger partial charge on any atom is -0.373 e. The lowest BCUT2D eigenvalue weighted by atomic mass is 10.2. The molecule has 36 heavy (non-hydrogen) atoms. The van der Waals surface area contributed by atoms with Gasteiger partial charge in [-0.2, -0.15) is 0 Å². The van der Waals surface area contributed by atoms with Crippen LogP contribution >= 0.6 is 11.6 Å². The van der Waals surface area contributed by atoms with Crippen molar-refractivity contribution in [2.24, 2.45) is 0 Å². The highest BCUT2D eigenvalue weighted by atomic mass is 35.5. The Hall–Kier alpha value is -2.81. The minimum absolute atomic E-state index is 0.0344. The zero-order valence-electron chi connectivity index (χ0n) is 20.9. The van der Waals surface area contributed by atoms with E-state index in [-0.39, 0.29) is 12.1 Å². The molecule has 1 atom stereocenters. The third-order valence-electron chi connectivity index (χ3n) is 6.97. The first-order chi connectivity index (χ1) is 17.6. The zero-order valence-corrected chi connectivity index (χ0v) is 21.7. The van der Waals surface area contributed by atoms with E-state index in [9.17, 15) is 4.79 Å². The number of urea groups is 1. The van der Waals surface area contributed by atoms with E-state index in [0.717, 1.165) is 85.8 Å². The first kappa shape index (κ1) is 24.9. The summed E-state index contributed by atoms with van der Waals surface area (Å²) in [6.07, 6.45) is 10.9. The van der Waals surface area contributed by atoms with E-state index in [1.807, 2.05) is 40.8 Å². The van der Waals surface area contributed by atoms with Crippen molar-refractivity contribution < 1.29 is 9.53 Å². The molecular weight excluding hydrogens is 476 g/mol. The fourth-order valence-electron chi connectivity index (χ4n) is 5.08. The number of morpholine rings is 1. The first-order valence-electron chi connectivity index (χ1n) is 13.0. The van der Waals surface area contributed by atoms with Crippen molar-refractivity contribution in [1.29, 1.82) is 0 Å². The Morgan fingerprint density at radius 3 is 2.72 bits per heavy atom. The number of carbonyl (C=O) groups excluding carboxylic acids is 1. The number of nitrogens with zero attached hydrogens (tertiary/aromatic N) is 5. The van der Waals surface area contributed by atoms with Crippen LogP contribution in [0.2, 0.25) is 5.02 Å². The molecule has 1 aliphatic carbocycles. The Bertz CT molecular complexity index is 1200. The Labute approximate surface area is 217 Å². The number of rotatable bonds is 5. The average molecular weight is 511 g/mol. The molecule has 2 saturated heterocycles. The number of halogens is 1. The molecule has 2 amide bonds. The molecule has 5 rings (SSSR count). The third-order valence-corrected chi connectivity index (χ3v) is 7.22. The second kappa shape index (κ2) is 11.5. The monoisotopic (exact) mass is 510 g/mol. The van der Waals surface area contributed by atoms with Crippen molar-refractivity contribution in [3.8, 4) is 5.69 Å². The molecule has 1 unspecified atom stereocenters. The summed E-state index contributed by atoms with van der Waals surface area (Å²) < 4.78 is 8.22. The number of ether oxygens (including phenoxy) is 1. The van der Waals surface area contributed by atoms with Crippen LogP contribution in [0.25, 0.3) is 17.8 Å². The van der Waals surface area contributed by atoms with Crippen molar-refractivity contribution in [2.45, 2.75) is 25.9 Å². The molecule has 9 heteroatoms. The van der Waals surface area contributed by atoms with E-state index >= 15 is 0 Å². The van der Waals surface area contributed by atoms with Crippen LogP contribution in [0, 0.1) is 0 Å². The predicted octanol–water partition coefficient (Wildman–Crippen LogP) is 1.99. The van der Waals surface area contributed by atoms with Crippen LogP contribution in [0.4, 0.5) is 10.6 Å². The van der Waals surface area contributed by atoms with Gasteiger partial charge in [-0.1, -0.05) is 29.8 Å². The standard InChI is InChI=1S/C27H35ClN6O2/c1-2-29-27(35)32-15-13-31(14-16-32)19-23-20-33(17-18-36-23)26-24-7-5-3-4-6-8-25(24)34(30-26)22-11-9-21(28)10-12-22/h3,5,7-12,23H,2,4,6,13-20H2,1H3,(H,29,35)/b5-3-,24-7+,25-8-.